The van der Waals surface area contributed by atoms with Crippen LogP contribution in [0.4, 0.5) is 5.69 Å². The van der Waals surface area contributed by atoms with Crippen molar-refractivity contribution in [3.05, 3.63) is 78.4 Å². The van der Waals surface area contributed by atoms with Crippen LogP contribution in [0.1, 0.15) is 15.9 Å². The molecule has 6 nitrogen and oxygen atoms in total. The molecule has 0 aliphatic carbocycles. The highest BCUT2D eigenvalue weighted by atomic mass is 16.1. The third kappa shape index (κ3) is 5.62. The molecule has 0 radical (unpaired) electrons. The molecule has 0 aliphatic rings. The lowest BCUT2D eigenvalue weighted by atomic mass is 10.0. The molecule has 1 amide bonds. The summed E-state index contributed by atoms with van der Waals surface area (Å²) in [4.78, 5) is 22.9. The van der Waals surface area contributed by atoms with Crippen LogP contribution in [0.25, 0.3) is 11.1 Å². The van der Waals surface area contributed by atoms with Crippen molar-refractivity contribution in [1.29, 1.82) is 0 Å². The van der Waals surface area contributed by atoms with Crippen LogP contribution in [0.3, 0.4) is 0 Å². The Balaban J connectivity index is 1.68. The summed E-state index contributed by atoms with van der Waals surface area (Å²) in [6.07, 6.45) is 7.19. The van der Waals surface area contributed by atoms with Crippen LogP contribution in [0.15, 0.2) is 67.3 Å². The van der Waals surface area contributed by atoms with Gasteiger partial charge in [-0.25, -0.2) is 0 Å². The van der Waals surface area contributed by atoms with Crippen molar-refractivity contribution in [3.63, 3.8) is 0 Å². The summed E-state index contributed by atoms with van der Waals surface area (Å²) in [5, 5.41) is 6.30. The maximum absolute atomic E-state index is 12.4. The van der Waals surface area contributed by atoms with Crippen molar-refractivity contribution >= 4 is 11.6 Å². The molecule has 1 aromatic carbocycles. The summed E-state index contributed by atoms with van der Waals surface area (Å²) in [7, 11) is 3.96. The van der Waals surface area contributed by atoms with E-state index in [4.69, 9.17) is 0 Å². The van der Waals surface area contributed by atoms with Gasteiger partial charge in [-0.15, -0.1) is 0 Å². The zero-order chi connectivity index (χ0) is 19.8. The number of nitrogens with zero attached hydrogens (tertiary/aromatic N) is 3. The van der Waals surface area contributed by atoms with E-state index in [0.29, 0.717) is 18.7 Å². The van der Waals surface area contributed by atoms with Crippen LogP contribution in [-0.4, -0.2) is 48.0 Å². The molecule has 0 spiro atoms. The summed E-state index contributed by atoms with van der Waals surface area (Å²) in [5.41, 5.74) is 4.58. The van der Waals surface area contributed by atoms with Crippen molar-refractivity contribution in [2.24, 2.45) is 0 Å². The fraction of sp³-hybridized carbons (Fsp3) is 0.227. The molecule has 28 heavy (non-hydrogen) atoms. The van der Waals surface area contributed by atoms with Crippen molar-refractivity contribution in [2.75, 3.05) is 32.5 Å². The number of anilines is 1. The smallest absolute Gasteiger partial charge is 0.251 e. The van der Waals surface area contributed by atoms with Crippen molar-refractivity contribution in [1.82, 2.24) is 20.2 Å². The summed E-state index contributed by atoms with van der Waals surface area (Å²) >= 11 is 0. The Labute approximate surface area is 165 Å². The van der Waals surface area contributed by atoms with Crippen LogP contribution in [0, 0.1) is 0 Å². The maximum atomic E-state index is 12.4. The molecule has 0 bridgehead atoms. The van der Waals surface area contributed by atoms with Crippen LogP contribution in [0.2, 0.25) is 0 Å². The Kier molecular flexibility index (Phi) is 6.70. The second-order valence-electron chi connectivity index (χ2n) is 6.82. The van der Waals surface area contributed by atoms with Gasteiger partial charge in [0.15, 0.2) is 0 Å². The van der Waals surface area contributed by atoms with Gasteiger partial charge in [0.05, 0.1) is 5.69 Å². The highest BCUT2D eigenvalue weighted by Gasteiger charge is 2.08. The first-order valence-corrected chi connectivity index (χ1v) is 9.23. The van der Waals surface area contributed by atoms with Gasteiger partial charge < -0.3 is 15.5 Å². The molecule has 2 heterocycles. The number of hydrogen-bond acceptors (Lipinski definition) is 5. The zero-order valence-corrected chi connectivity index (χ0v) is 16.2. The van der Waals surface area contributed by atoms with Crippen LogP contribution in [-0.2, 0) is 6.54 Å². The molecule has 144 valence electrons. The van der Waals surface area contributed by atoms with E-state index in [1.54, 1.807) is 18.6 Å². The second-order valence-corrected chi connectivity index (χ2v) is 6.82. The van der Waals surface area contributed by atoms with Crippen LogP contribution < -0.4 is 10.6 Å². The summed E-state index contributed by atoms with van der Waals surface area (Å²) in [6.45, 7) is 2.10. The second kappa shape index (κ2) is 9.62. The van der Waals surface area contributed by atoms with E-state index in [2.05, 4.69) is 20.6 Å². The van der Waals surface area contributed by atoms with Gasteiger partial charge in [0.1, 0.15) is 0 Å². The number of benzene rings is 1. The third-order valence-electron chi connectivity index (χ3n) is 4.26. The number of rotatable bonds is 8. The molecule has 0 fully saturated rings. The summed E-state index contributed by atoms with van der Waals surface area (Å²) < 4.78 is 0. The molecule has 3 rings (SSSR count). The lowest BCUT2D eigenvalue weighted by Gasteiger charge is -2.11. The molecular formula is C22H25N5O. The highest BCUT2D eigenvalue weighted by molar-refractivity contribution is 5.95. The van der Waals surface area contributed by atoms with Crippen molar-refractivity contribution in [3.8, 4) is 11.1 Å². The predicted molar refractivity (Wildman–Crippen MR) is 112 cm³/mol. The molecule has 2 aromatic heterocycles. The van der Waals surface area contributed by atoms with E-state index < -0.39 is 0 Å². The first-order chi connectivity index (χ1) is 13.6. The van der Waals surface area contributed by atoms with Gasteiger partial charge in [-0.3, -0.25) is 14.8 Å². The number of hydrogen-bond donors (Lipinski definition) is 2. The number of nitrogens with one attached hydrogen (secondary N) is 2. The SMILES string of the molecule is CN(C)CCNC(=O)c1cccc(-c2cncc(NCc3cccnc3)c2)c1. The largest absolute Gasteiger partial charge is 0.380 e. The van der Waals surface area contributed by atoms with E-state index in [-0.39, 0.29) is 5.91 Å². The lowest BCUT2D eigenvalue weighted by molar-refractivity contribution is 0.0951. The first-order valence-electron chi connectivity index (χ1n) is 9.23. The number of amides is 1. The highest BCUT2D eigenvalue weighted by Crippen LogP contribution is 2.23. The molecule has 6 heteroatoms. The Morgan fingerprint density at radius 1 is 1.00 bits per heavy atom. The Bertz CT molecular complexity index is 912. The fourth-order valence-corrected chi connectivity index (χ4v) is 2.74. The number of carbonyl (C=O) groups excluding carboxylic acids is 1. The topological polar surface area (TPSA) is 70.2 Å². The molecule has 0 saturated carbocycles. The standard InChI is InChI=1S/C22H25N5O/c1-27(2)10-9-25-22(28)19-7-3-6-18(11-19)20-12-21(16-24-15-20)26-14-17-5-4-8-23-13-17/h3-8,11-13,15-16,26H,9-10,14H2,1-2H3,(H,25,28). The fourth-order valence-electron chi connectivity index (χ4n) is 2.74. The average molecular weight is 375 g/mol. The van der Waals surface area contributed by atoms with Crippen LogP contribution >= 0.6 is 0 Å². The predicted octanol–water partition coefficient (Wildman–Crippen LogP) is 3.05. The zero-order valence-electron chi connectivity index (χ0n) is 16.2. The molecule has 3 aromatic rings. The third-order valence-corrected chi connectivity index (χ3v) is 4.26. The lowest BCUT2D eigenvalue weighted by Crippen LogP contribution is -2.31. The Hall–Kier alpha value is -3.25. The maximum Gasteiger partial charge on any atom is 0.251 e. The molecule has 0 unspecified atom stereocenters. The van der Waals surface area contributed by atoms with E-state index in [9.17, 15) is 4.79 Å². The van der Waals surface area contributed by atoms with Gasteiger partial charge in [-0.1, -0.05) is 18.2 Å². The first kappa shape index (κ1) is 19.5. The minimum Gasteiger partial charge on any atom is -0.380 e. The van der Waals surface area contributed by atoms with E-state index in [0.717, 1.165) is 28.9 Å². The average Bonchev–Trinajstić information content (AvgIpc) is 2.73. The molecule has 2 N–H and O–H groups in total. The van der Waals surface area contributed by atoms with Gasteiger partial charge in [-0.2, -0.15) is 0 Å². The van der Waals surface area contributed by atoms with Gasteiger partial charge in [0.2, 0.25) is 0 Å². The van der Waals surface area contributed by atoms with Gasteiger partial charge in [0.25, 0.3) is 5.91 Å². The quantitative estimate of drug-likeness (QED) is 0.633. The number of likely N-dealkylation sites (N-methyl/N-ethyl adjacent to an activating group) is 1. The molecule has 0 saturated heterocycles. The normalized spacial score (nSPS) is 10.7. The monoisotopic (exact) mass is 375 g/mol. The Morgan fingerprint density at radius 3 is 2.68 bits per heavy atom. The summed E-state index contributed by atoms with van der Waals surface area (Å²) in [5.74, 6) is -0.0671. The molecule has 0 atom stereocenters. The number of carbonyl (C=O) groups is 1. The van der Waals surface area contributed by atoms with Gasteiger partial charge in [-0.05, 0) is 49.5 Å². The van der Waals surface area contributed by atoms with Gasteiger partial charge >= 0.3 is 0 Å². The minimum absolute atomic E-state index is 0.0671. The Morgan fingerprint density at radius 2 is 1.89 bits per heavy atom. The van der Waals surface area contributed by atoms with Crippen molar-refractivity contribution < 1.29 is 4.79 Å². The van der Waals surface area contributed by atoms with Crippen LogP contribution in [0.5, 0.6) is 0 Å². The number of aromatic nitrogens is 2. The van der Waals surface area contributed by atoms with Crippen molar-refractivity contribution in [2.45, 2.75) is 6.54 Å². The number of pyridine rings is 2. The van der Waals surface area contributed by atoms with Gasteiger partial charge in [0, 0.05) is 55.5 Å². The van der Waals surface area contributed by atoms with E-state index in [1.807, 2.05) is 67.7 Å². The molecule has 0 aliphatic heterocycles. The molecular weight excluding hydrogens is 350 g/mol. The summed E-state index contributed by atoms with van der Waals surface area (Å²) in [6, 6.07) is 13.6. The van der Waals surface area contributed by atoms with E-state index >= 15 is 0 Å². The van der Waals surface area contributed by atoms with E-state index in [1.165, 1.54) is 0 Å². The minimum atomic E-state index is -0.0671.